The van der Waals surface area contributed by atoms with Crippen molar-refractivity contribution in [1.82, 2.24) is 0 Å². The van der Waals surface area contributed by atoms with Gasteiger partial charge in [-0.2, -0.15) is 5.26 Å². The molecular formula is C15H20BrNO4. The lowest BCUT2D eigenvalue weighted by molar-refractivity contribution is -0.166. The molecule has 6 heteroatoms. The number of alkyl halides is 1. The maximum absolute atomic E-state index is 11.3. The van der Waals surface area contributed by atoms with Crippen molar-refractivity contribution in [3.05, 3.63) is 0 Å². The lowest BCUT2D eigenvalue weighted by atomic mass is 9.77. The fourth-order valence-electron chi connectivity index (χ4n) is 3.94. The van der Waals surface area contributed by atoms with Crippen LogP contribution < -0.4 is 0 Å². The number of carbonyl (C=O) groups excluding carboxylic acids is 1. The third-order valence-electron chi connectivity index (χ3n) is 4.77. The lowest BCUT2D eigenvalue weighted by Crippen LogP contribution is -2.53. The van der Waals surface area contributed by atoms with Crippen molar-refractivity contribution in [3.63, 3.8) is 0 Å². The number of carbonyl (C=O) groups is 1. The number of esters is 1. The predicted molar refractivity (Wildman–Crippen MR) is 77.8 cm³/mol. The Kier molecular flexibility index (Phi) is 4.26. The Labute approximate surface area is 133 Å². The second-order valence-electron chi connectivity index (χ2n) is 6.24. The number of nitrogens with zero attached hydrogens (tertiary/aromatic N) is 1. The van der Waals surface area contributed by atoms with Crippen LogP contribution >= 0.6 is 15.9 Å². The number of fused-ring (bicyclic) bond motifs is 1. The molecule has 3 rings (SSSR count). The minimum Gasteiger partial charge on any atom is -0.459 e. The quantitative estimate of drug-likeness (QED) is 0.573. The van der Waals surface area contributed by atoms with E-state index < -0.39 is 0 Å². The molecule has 0 radical (unpaired) electrons. The van der Waals surface area contributed by atoms with E-state index in [0.29, 0.717) is 6.42 Å². The van der Waals surface area contributed by atoms with Crippen molar-refractivity contribution in [2.75, 3.05) is 0 Å². The lowest BCUT2D eigenvalue weighted by Gasteiger charge is -2.45. The van der Waals surface area contributed by atoms with Crippen molar-refractivity contribution in [3.8, 4) is 6.07 Å². The van der Waals surface area contributed by atoms with Gasteiger partial charge in [-0.15, -0.1) is 0 Å². The molecule has 2 bridgehead atoms. The molecule has 6 atom stereocenters. The monoisotopic (exact) mass is 357 g/mol. The van der Waals surface area contributed by atoms with E-state index in [2.05, 4.69) is 22.0 Å². The summed E-state index contributed by atoms with van der Waals surface area (Å²) >= 11 is 3.64. The van der Waals surface area contributed by atoms with E-state index in [0.717, 1.165) is 32.1 Å². The van der Waals surface area contributed by atoms with Crippen LogP contribution in [0.1, 0.15) is 45.4 Å². The molecular weight excluding hydrogens is 338 g/mol. The van der Waals surface area contributed by atoms with Crippen molar-refractivity contribution in [1.29, 1.82) is 5.26 Å². The van der Waals surface area contributed by atoms with Gasteiger partial charge in [0.2, 0.25) is 0 Å². The highest BCUT2D eigenvalue weighted by Crippen LogP contribution is 2.51. The molecule has 116 valence electrons. The maximum Gasteiger partial charge on any atom is 0.303 e. The zero-order chi connectivity index (χ0) is 15.0. The van der Waals surface area contributed by atoms with Gasteiger partial charge in [0.05, 0.1) is 34.8 Å². The van der Waals surface area contributed by atoms with E-state index in [9.17, 15) is 4.79 Å². The second-order valence-corrected chi connectivity index (χ2v) is 7.42. The summed E-state index contributed by atoms with van der Waals surface area (Å²) in [7, 11) is 0. The van der Waals surface area contributed by atoms with Crippen LogP contribution in [0.25, 0.3) is 0 Å². The van der Waals surface area contributed by atoms with Gasteiger partial charge in [0.1, 0.15) is 6.10 Å². The Morgan fingerprint density at radius 1 is 1.48 bits per heavy atom. The molecule has 1 spiro atoms. The number of rotatable bonds is 3. The summed E-state index contributed by atoms with van der Waals surface area (Å²) in [5.74, 6) is -0.272. The van der Waals surface area contributed by atoms with Crippen LogP contribution in [-0.2, 0) is 19.0 Å². The molecule has 0 aromatic heterocycles. The third-order valence-corrected chi connectivity index (χ3v) is 5.61. The van der Waals surface area contributed by atoms with Crippen molar-refractivity contribution in [2.45, 2.75) is 80.3 Å². The maximum atomic E-state index is 11.3. The van der Waals surface area contributed by atoms with Crippen LogP contribution in [0.5, 0.6) is 0 Å². The van der Waals surface area contributed by atoms with Crippen LogP contribution in [0.15, 0.2) is 0 Å². The van der Waals surface area contributed by atoms with Gasteiger partial charge in [0.15, 0.2) is 0 Å². The number of nitriles is 1. The van der Waals surface area contributed by atoms with E-state index in [4.69, 9.17) is 19.5 Å². The average Bonchev–Trinajstić information content (AvgIpc) is 2.74. The summed E-state index contributed by atoms with van der Waals surface area (Å²) in [5, 5.41) is 8.73. The van der Waals surface area contributed by atoms with Gasteiger partial charge >= 0.3 is 5.97 Å². The van der Waals surface area contributed by atoms with Gasteiger partial charge in [-0.25, -0.2) is 0 Å². The van der Waals surface area contributed by atoms with Crippen molar-refractivity contribution >= 4 is 21.9 Å². The third kappa shape index (κ3) is 2.84. The Bertz CT molecular complexity index is 465. The first-order valence-corrected chi connectivity index (χ1v) is 8.47. The fraction of sp³-hybridized carbons (Fsp3) is 0.867. The molecule has 3 aliphatic rings. The zero-order valence-electron chi connectivity index (χ0n) is 12.1. The minimum absolute atomic E-state index is 0.0554. The molecule has 0 amide bonds. The van der Waals surface area contributed by atoms with E-state index in [1.165, 1.54) is 6.92 Å². The van der Waals surface area contributed by atoms with Crippen LogP contribution in [-0.4, -0.2) is 40.8 Å². The van der Waals surface area contributed by atoms with E-state index in [-0.39, 0.29) is 40.8 Å². The SMILES string of the molecule is CC(=O)O[C@H]1C2C[C@]3(C[C@@H]1Br)O[C@@H](CCC#N)CC[C@@H]3O2. The van der Waals surface area contributed by atoms with Crippen LogP contribution in [0.3, 0.4) is 0 Å². The normalized spacial score (nSPS) is 44.7. The average molecular weight is 358 g/mol. The molecule has 1 saturated carbocycles. The first-order valence-electron chi connectivity index (χ1n) is 7.55. The fourth-order valence-corrected chi connectivity index (χ4v) is 4.94. The van der Waals surface area contributed by atoms with Gasteiger partial charge in [0.25, 0.3) is 0 Å². The summed E-state index contributed by atoms with van der Waals surface area (Å²) in [6, 6.07) is 2.19. The molecule has 2 heterocycles. The smallest absolute Gasteiger partial charge is 0.303 e. The molecule has 0 aromatic carbocycles. The van der Waals surface area contributed by atoms with Gasteiger partial charge in [-0.1, -0.05) is 15.9 Å². The Morgan fingerprint density at radius 3 is 3.00 bits per heavy atom. The van der Waals surface area contributed by atoms with Crippen LogP contribution in [0, 0.1) is 11.3 Å². The summed E-state index contributed by atoms with van der Waals surface area (Å²) in [4.78, 5) is 11.3. The van der Waals surface area contributed by atoms with E-state index in [1.54, 1.807) is 0 Å². The highest BCUT2D eigenvalue weighted by Gasteiger charge is 2.60. The predicted octanol–water partition coefficient (Wildman–Crippen LogP) is 2.46. The molecule has 2 aliphatic heterocycles. The largest absolute Gasteiger partial charge is 0.459 e. The van der Waals surface area contributed by atoms with Gasteiger partial charge < -0.3 is 14.2 Å². The van der Waals surface area contributed by atoms with Crippen molar-refractivity contribution in [2.24, 2.45) is 0 Å². The van der Waals surface area contributed by atoms with Crippen LogP contribution in [0.4, 0.5) is 0 Å². The number of ether oxygens (including phenoxy) is 3. The Balaban J connectivity index is 1.72. The number of hydrogen-bond donors (Lipinski definition) is 0. The molecule has 1 aliphatic carbocycles. The summed E-state index contributed by atoms with van der Waals surface area (Å²) < 4.78 is 17.9. The van der Waals surface area contributed by atoms with Gasteiger partial charge in [-0.3, -0.25) is 4.79 Å². The summed E-state index contributed by atoms with van der Waals surface area (Å²) in [6.07, 6.45) is 4.68. The highest BCUT2D eigenvalue weighted by atomic mass is 79.9. The minimum atomic E-state index is -0.272. The Hall–Kier alpha value is -0.640. The van der Waals surface area contributed by atoms with Gasteiger partial charge in [0, 0.05) is 19.8 Å². The first-order chi connectivity index (χ1) is 10.0. The van der Waals surface area contributed by atoms with E-state index in [1.807, 2.05) is 0 Å². The number of hydrogen-bond acceptors (Lipinski definition) is 5. The second kappa shape index (κ2) is 5.86. The van der Waals surface area contributed by atoms with Crippen LogP contribution in [0.2, 0.25) is 0 Å². The highest BCUT2D eigenvalue weighted by molar-refractivity contribution is 9.09. The molecule has 21 heavy (non-hydrogen) atoms. The summed E-state index contributed by atoms with van der Waals surface area (Å²) in [5.41, 5.74) is -0.270. The molecule has 3 fully saturated rings. The zero-order valence-corrected chi connectivity index (χ0v) is 13.7. The number of halogens is 1. The molecule has 1 unspecified atom stereocenters. The topological polar surface area (TPSA) is 68.5 Å². The molecule has 2 saturated heterocycles. The van der Waals surface area contributed by atoms with Gasteiger partial charge in [-0.05, 0) is 25.7 Å². The van der Waals surface area contributed by atoms with Crippen molar-refractivity contribution < 1.29 is 19.0 Å². The summed E-state index contributed by atoms with van der Waals surface area (Å²) in [6.45, 7) is 1.43. The Morgan fingerprint density at radius 2 is 2.29 bits per heavy atom. The first kappa shape index (κ1) is 15.3. The van der Waals surface area contributed by atoms with E-state index >= 15 is 0 Å². The molecule has 0 N–H and O–H groups in total. The molecule has 5 nitrogen and oxygen atoms in total. The molecule has 0 aromatic rings. The standard InChI is InChI=1S/C15H20BrNO4/c1-9(18)19-14-11(16)7-15-8-12(14)20-13(15)5-4-10(21-15)3-2-6-17/h10-14H,2-5,7-8H2,1H3/t10-,11-,12?,13-,14+,15-/m0/s1.